The van der Waals surface area contributed by atoms with Gasteiger partial charge in [0.25, 0.3) is 0 Å². The van der Waals surface area contributed by atoms with E-state index < -0.39 is 5.41 Å². The summed E-state index contributed by atoms with van der Waals surface area (Å²) in [4.78, 5) is 12.8. The summed E-state index contributed by atoms with van der Waals surface area (Å²) < 4.78 is 0. The molecule has 0 aromatic carbocycles. The monoisotopic (exact) mass is 440 g/mol. The van der Waals surface area contributed by atoms with Gasteiger partial charge < -0.3 is 10.2 Å². The Bertz CT molecular complexity index is 870. The molecular formula is C29H44O3. The van der Waals surface area contributed by atoms with Crippen molar-refractivity contribution in [3.63, 3.8) is 0 Å². The summed E-state index contributed by atoms with van der Waals surface area (Å²) in [7, 11) is 0. The molecular weight excluding hydrogens is 396 g/mol. The summed E-state index contributed by atoms with van der Waals surface area (Å²) in [6, 6.07) is 0. The van der Waals surface area contributed by atoms with E-state index in [0.29, 0.717) is 42.1 Å². The van der Waals surface area contributed by atoms with Gasteiger partial charge in [0.15, 0.2) is 5.76 Å². The number of aliphatic hydroxyl groups excluding tert-OH is 2. The number of carbonyl (C=O) groups is 1. The Kier molecular flexibility index (Phi) is 4.94. The maximum absolute atomic E-state index is 12.8. The topological polar surface area (TPSA) is 57.5 Å². The van der Waals surface area contributed by atoms with Gasteiger partial charge in [0.1, 0.15) is 0 Å². The first-order chi connectivity index (χ1) is 14.9. The maximum atomic E-state index is 12.8. The van der Waals surface area contributed by atoms with Gasteiger partial charge in [0.05, 0.1) is 0 Å². The molecule has 0 saturated heterocycles. The normalized spacial score (nSPS) is 51.7. The molecule has 5 aliphatic carbocycles. The van der Waals surface area contributed by atoms with Crippen LogP contribution in [0.25, 0.3) is 0 Å². The number of hydrogen-bond acceptors (Lipinski definition) is 3. The highest BCUT2D eigenvalue weighted by molar-refractivity contribution is 5.98. The Morgan fingerprint density at radius 3 is 2.28 bits per heavy atom. The van der Waals surface area contributed by atoms with Crippen molar-refractivity contribution >= 4 is 5.78 Å². The molecule has 2 N–H and O–H groups in total. The number of ketones is 1. The van der Waals surface area contributed by atoms with Gasteiger partial charge in [-0.15, -0.1) is 0 Å². The lowest BCUT2D eigenvalue weighted by Crippen LogP contribution is -2.63. The van der Waals surface area contributed by atoms with Crippen LogP contribution in [-0.4, -0.2) is 22.6 Å². The van der Waals surface area contributed by atoms with Gasteiger partial charge in [-0.3, -0.25) is 4.79 Å². The minimum absolute atomic E-state index is 0.00820. The molecule has 3 nitrogen and oxygen atoms in total. The Labute approximate surface area is 194 Å². The summed E-state index contributed by atoms with van der Waals surface area (Å²) in [5.74, 6) is 2.80. The van der Waals surface area contributed by atoms with Crippen molar-refractivity contribution in [3.8, 4) is 0 Å². The molecule has 9 unspecified atom stereocenters. The van der Waals surface area contributed by atoms with Crippen molar-refractivity contribution in [2.45, 2.75) is 86.0 Å². The van der Waals surface area contributed by atoms with E-state index in [-0.39, 0.29) is 27.8 Å². The molecule has 0 heterocycles. The van der Waals surface area contributed by atoms with Crippen LogP contribution in [0.4, 0.5) is 0 Å². The van der Waals surface area contributed by atoms with E-state index in [9.17, 15) is 15.0 Å². The molecule has 4 fully saturated rings. The van der Waals surface area contributed by atoms with Crippen molar-refractivity contribution in [3.05, 3.63) is 24.0 Å². The number of carbonyl (C=O) groups excluding carboxylic acids is 1. The van der Waals surface area contributed by atoms with Crippen molar-refractivity contribution in [1.29, 1.82) is 0 Å². The molecule has 3 heteroatoms. The van der Waals surface area contributed by atoms with Crippen LogP contribution in [0, 0.1) is 57.2 Å². The molecule has 5 aliphatic rings. The lowest BCUT2D eigenvalue weighted by molar-refractivity contribution is -0.204. The fourth-order valence-electron chi connectivity index (χ4n) is 10.3. The minimum atomic E-state index is -0.475. The lowest BCUT2D eigenvalue weighted by Gasteiger charge is -2.69. The van der Waals surface area contributed by atoms with Gasteiger partial charge in [0.2, 0.25) is 5.78 Å². The highest BCUT2D eigenvalue weighted by Gasteiger charge is 2.68. The molecule has 0 amide bonds. The largest absolute Gasteiger partial charge is 0.505 e. The van der Waals surface area contributed by atoms with Gasteiger partial charge in [-0.2, -0.15) is 0 Å². The van der Waals surface area contributed by atoms with E-state index >= 15 is 0 Å². The average Bonchev–Trinajstić information content (AvgIpc) is 3.13. The first kappa shape index (κ1) is 22.7. The van der Waals surface area contributed by atoms with Crippen LogP contribution < -0.4 is 0 Å². The van der Waals surface area contributed by atoms with Crippen molar-refractivity contribution in [2.75, 3.05) is 6.61 Å². The van der Waals surface area contributed by atoms with E-state index in [2.05, 4.69) is 41.2 Å². The second-order valence-electron chi connectivity index (χ2n) is 13.5. The van der Waals surface area contributed by atoms with Gasteiger partial charge in [-0.25, -0.2) is 0 Å². The molecule has 32 heavy (non-hydrogen) atoms. The SMILES string of the molecule is C=C(C)C1CCC2(CO)CCC3(C)C(CCC4C5C=C(O)C(=O)C(C)(C)C5CCC43C)C12. The van der Waals surface area contributed by atoms with Crippen molar-refractivity contribution in [2.24, 2.45) is 57.2 Å². The van der Waals surface area contributed by atoms with E-state index in [1.54, 1.807) is 0 Å². The molecule has 0 aromatic heterocycles. The second-order valence-corrected chi connectivity index (χ2v) is 13.5. The lowest BCUT2D eigenvalue weighted by atomic mass is 9.35. The van der Waals surface area contributed by atoms with Crippen LogP contribution in [0.3, 0.4) is 0 Å². The molecule has 5 rings (SSSR count). The van der Waals surface area contributed by atoms with Crippen LogP contribution in [0.15, 0.2) is 24.0 Å². The van der Waals surface area contributed by atoms with Gasteiger partial charge in [-0.1, -0.05) is 39.8 Å². The molecule has 0 aliphatic heterocycles. The third-order valence-corrected chi connectivity index (χ3v) is 12.3. The standard InChI is InChI=1S/C29H44O3/c1-17(2)18-9-12-29(16-30)14-13-28(6)22(24(18)29)8-7-21-19-15-23(31)25(32)26(3,4)20(19)10-11-27(21,28)5/h15,18-22,24,30-31H,1,7-14,16H2,2-6H3. The Morgan fingerprint density at radius 1 is 0.969 bits per heavy atom. The molecule has 0 aromatic rings. The second kappa shape index (κ2) is 6.96. The van der Waals surface area contributed by atoms with Gasteiger partial charge in [-0.05, 0) is 116 Å². The van der Waals surface area contributed by atoms with Crippen LogP contribution >= 0.6 is 0 Å². The summed E-state index contributed by atoms with van der Waals surface area (Å²) in [5.41, 5.74) is 1.36. The minimum Gasteiger partial charge on any atom is -0.505 e. The number of aliphatic hydroxyl groups is 2. The van der Waals surface area contributed by atoms with Gasteiger partial charge in [0, 0.05) is 12.0 Å². The Morgan fingerprint density at radius 2 is 1.62 bits per heavy atom. The molecule has 0 spiro atoms. The molecule has 4 saturated carbocycles. The highest BCUT2D eigenvalue weighted by atomic mass is 16.3. The summed E-state index contributed by atoms with van der Waals surface area (Å²) in [5, 5.41) is 21.2. The summed E-state index contributed by atoms with van der Waals surface area (Å²) in [6.07, 6.45) is 11.2. The van der Waals surface area contributed by atoms with Gasteiger partial charge >= 0.3 is 0 Å². The number of fused-ring (bicyclic) bond motifs is 7. The van der Waals surface area contributed by atoms with Crippen LogP contribution in [-0.2, 0) is 4.79 Å². The zero-order valence-electron chi connectivity index (χ0n) is 20.9. The zero-order chi connectivity index (χ0) is 23.3. The van der Waals surface area contributed by atoms with E-state index in [4.69, 9.17) is 0 Å². The fourth-order valence-corrected chi connectivity index (χ4v) is 10.3. The third kappa shape index (κ3) is 2.61. The first-order valence-electron chi connectivity index (χ1n) is 13.1. The van der Waals surface area contributed by atoms with Crippen LogP contribution in [0.2, 0.25) is 0 Å². The number of hydrogen-bond donors (Lipinski definition) is 2. The molecule has 178 valence electrons. The summed E-state index contributed by atoms with van der Waals surface area (Å²) in [6.45, 7) is 16.1. The Balaban J connectivity index is 1.56. The number of allylic oxidation sites excluding steroid dienone is 3. The highest BCUT2D eigenvalue weighted by Crippen LogP contribution is 2.74. The van der Waals surface area contributed by atoms with Crippen LogP contribution in [0.5, 0.6) is 0 Å². The third-order valence-electron chi connectivity index (χ3n) is 12.3. The first-order valence-corrected chi connectivity index (χ1v) is 13.1. The van der Waals surface area contributed by atoms with Crippen LogP contribution in [0.1, 0.15) is 86.0 Å². The smallest absolute Gasteiger partial charge is 0.202 e. The predicted octanol–water partition coefficient (Wildman–Crippen LogP) is 6.48. The van der Waals surface area contributed by atoms with Crippen molar-refractivity contribution < 1.29 is 15.0 Å². The van der Waals surface area contributed by atoms with E-state index in [0.717, 1.165) is 19.3 Å². The zero-order valence-corrected chi connectivity index (χ0v) is 20.9. The van der Waals surface area contributed by atoms with E-state index in [1.165, 1.54) is 37.7 Å². The van der Waals surface area contributed by atoms with Crippen molar-refractivity contribution in [1.82, 2.24) is 0 Å². The number of Topliss-reactive ketones (excluding diaryl/α,β-unsaturated/α-hetero) is 1. The van der Waals surface area contributed by atoms with E-state index in [1.807, 2.05) is 6.08 Å². The quantitative estimate of drug-likeness (QED) is 0.483. The maximum Gasteiger partial charge on any atom is 0.202 e. The molecule has 9 atom stereocenters. The predicted molar refractivity (Wildman–Crippen MR) is 128 cm³/mol. The molecule has 0 bridgehead atoms. The average molecular weight is 441 g/mol. The fraction of sp³-hybridized carbons (Fsp3) is 0.828. The number of rotatable bonds is 2. The Hall–Kier alpha value is -1.09. The molecule has 0 radical (unpaired) electrons. The summed E-state index contributed by atoms with van der Waals surface area (Å²) >= 11 is 0.